The third-order valence-electron chi connectivity index (χ3n) is 4.13. The van der Waals surface area contributed by atoms with Gasteiger partial charge < -0.3 is 19.7 Å². The molecular weight excluding hydrogens is 348 g/mol. The van der Waals surface area contributed by atoms with Crippen molar-refractivity contribution in [3.05, 3.63) is 41.5 Å². The minimum Gasteiger partial charge on any atom is -0.434 e. The molecule has 146 valence electrons. The fourth-order valence-electron chi connectivity index (χ4n) is 2.77. The molecule has 7 heteroatoms. The molecule has 27 heavy (non-hydrogen) atoms. The van der Waals surface area contributed by atoms with Crippen molar-refractivity contribution in [2.75, 3.05) is 19.7 Å². The second kappa shape index (κ2) is 9.75. The van der Waals surface area contributed by atoms with Gasteiger partial charge in [-0.15, -0.1) is 0 Å². The second-order valence-corrected chi connectivity index (χ2v) is 6.60. The summed E-state index contributed by atoms with van der Waals surface area (Å²) >= 11 is 0. The second-order valence-electron chi connectivity index (χ2n) is 6.60. The molecule has 7 nitrogen and oxygen atoms in total. The Morgan fingerprint density at radius 2 is 1.78 bits per heavy atom. The number of ether oxygens (including phenoxy) is 2. The highest BCUT2D eigenvalue weighted by Crippen LogP contribution is 2.15. The third kappa shape index (κ3) is 6.44. The predicted octanol–water partition coefficient (Wildman–Crippen LogP) is 2.91. The van der Waals surface area contributed by atoms with Gasteiger partial charge in [-0.3, -0.25) is 9.59 Å². The van der Waals surface area contributed by atoms with E-state index in [4.69, 9.17) is 9.47 Å². The smallest absolute Gasteiger partial charge is 0.434 e. The largest absolute Gasteiger partial charge is 0.513 e. The van der Waals surface area contributed by atoms with Crippen LogP contribution < -0.4 is 10.1 Å². The monoisotopic (exact) mass is 374 g/mol. The number of hydrogen-bond acceptors (Lipinski definition) is 5. The zero-order valence-electron chi connectivity index (χ0n) is 16.0. The zero-order chi connectivity index (χ0) is 19.8. The van der Waals surface area contributed by atoms with Crippen LogP contribution in [0.5, 0.6) is 5.75 Å². The summed E-state index contributed by atoms with van der Waals surface area (Å²) in [4.78, 5) is 37.5. The van der Waals surface area contributed by atoms with E-state index in [2.05, 4.69) is 5.32 Å². The van der Waals surface area contributed by atoms with E-state index in [1.165, 1.54) is 0 Å². The molecule has 1 aliphatic rings. The van der Waals surface area contributed by atoms with Crippen LogP contribution >= 0.6 is 0 Å². The highest BCUT2D eigenvalue weighted by molar-refractivity contribution is 5.94. The zero-order valence-corrected chi connectivity index (χ0v) is 16.0. The van der Waals surface area contributed by atoms with Crippen LogP contribution in [0.3, 0.4) is 0 Å². The number of benzene rings is 1. The van der Waals surface area contributed by atoms with Gasteiger partial charge in [0, 0.05) is 30.8 Å². The Morgan fingerprint density at radius 3 is 2.33 bits per heavy atom. The Labute approximate surface area is 159 Å². The Morgan fingerprint density at radius 1 is 1.15 bits per heavy atom. The summed E-state index contributed by atoms with van der Waals surface area (Å²) in [7, 11) is 0. The normalized spacial score (nSPS) is 14.3. The maximum absolute atomic E-state index is 12.4. The number of rotatable bonds is 5. The molecule has 1 saturated heterocycles. The molecule has 0 saturated carbocycles. The van der Waals surface area contributed by atoms with Gasteiger partial charge in [-0.25, -0.2) is 4.79 Å². The molecule has 1 aromatic carbocycles. The van der Waals surface area contributed by atoms with Gasteiger partial charge >= 0.3 is 6.16 Å². The molecule has 2 amide bonds. The number of carbonyl (C=O) groups excluding carboxylic acids is 3. The minimum absolute atomic E-state index is 0.0250. The lowest BCUT2D eigenvalue weighted by Crippen LogP contribution is -2.46. The molecular formula is C20H26N2O5. The van der Waals surface area contributed by atoms with E-state index >= 15 is 0 Å². The van der Waals surface area contributed by atoms with Gasteiger partial charge in [0.25, 0.3) is 5.91 Å². The fourth-order valence-corrected chi connectivity index (χ4v) is 2.77. The molecule has 0 unspecified atom stereocenters. The van der Waals surface area contributed by atoms with Crippen LogP contribution in [-0.2, 0) is 9.53 Å². The fraction of sp³-hybridized carbons (Fsp3) is 0.450. The van der Waals surface area contributed by atoms with E-state index in [1.54, 1.807) is 42.2 Å². The molecule has 0 aromatic heterocycles. The molecule has 1 heterocycles. The summed E-state index contributed by atoms with van der Waals surface area (Å²) in [5.74, 6) is 0.153. The molecule has 1 aliphatic heterocycles. The molecule has 0 spiro atoms. The summed E-state index contributed by atoms with van der Waals surface area (Å²) in [6, 6.07) is 6.32. The summed E-state index contributed by atoms with van der Waals surface area (Å²) in [5, 5.41) is 2.99. The number of carbonyl (C=O) groups is 3. The average Bonchev–Trinajstić information content (AvgIpc) is 2.62. The van der Waals surface area contributed by atoms with E-state index in [0.29, 0.717) is 24.4 Å². The number of hydrogen-bond donors (Lipinski definition) is 1. The van der Waals surface area contributed by atoms with Crippen LogP contribution in [0.15, 0.2) is 35.9 Å². The first-order valence-electron chi connectivity index (χ1n) is 9.08. The van der Waals surface area contributed by atoms with Crippen molar-refractivity contribution >= 4 is 18.0 Å². The SMILES string of the molecule is CCOC(=O)Oc1ccc(C(=O)NC2CCN(C(=O)C=C(C)C)CC2)cc1. The van der Waals surface area contributed by atoms with Crippen LogP contribution in [0.1, 0.15) is 44.0 Å². The van der Waals surface area contributed by atoms with Crippen molar-refractivity contribution in [3.63, 3.8) is 0 Å². The van der Waals surface area contributed by atoms with Gasteiger partial charge in [0.05, 0.1) is 6.61 Å². The van der Waals surface area contributed by atoms with Crippen LogP contribution in [0.4, 0.5) is 4.79 Å². The Bertz CT molecular complexity index is 700. The van der Waals surface area contributed by atoms with Crippen LogP contribution in [0.25, 0.3) is 0 Å². The first-order chi connectivity index (χ1) is 12.9. The molecule has 1 aromatic rings. The lowest BCUT2D eigenvalue weighted by Gasteiger charge is -2.31. The van der Waals surface area contributed by atoms with E-state index in [0.717, 1.165) is 18.4 Å². The maximum atomic E-state index is 12.4. The Hall–Kier alpha value is -2.83. The molecule has 0 atom stereocenters. The maximum Gasteiger partial charge on any atom is 0.513 e. The first-order valence-corrected chi connectivity index (χ1v) is 9.08. The average molecular weight is 374 g/mol. The Kier molecular flexibility index (Phi) is 7.40. The summed E-state index contributed by atoms with van der Waals surface area (Å²) in [6.45, 7) is 6.97. The number of nitrogens with zero attached hydrogens (tertiary/aromatic N) is 1. The molecule has 1 N–H and O–H groups in total. The number of piperidine rings is 1. The molecule has 2 rings (SSSR count). The van der Waals surface area contributed by atoms with Gasteiger partial charge in [-0.05, 0) is 57.9 Å². The predicted molar refractivity (Wildman–Crippen MR) is 101 cm³/mol. The highest BCUT2D eigenvalue weighted by Gasteiger charge is 2.23. The van der Waals surface area contributed by atoms with Gasteiger partial charge in [0.15, 0.2) is 0 Å². The summed E-state index contributed by atoms with van der Waals surface area (Å²) in [5.41, 5.74) is 1.46. The number of allylic oxidation sites excluding steroid dienone is 1. The number of likely N-dealkylation sites (tertiary alicyclic amines) is 1. The van der Waals surface area contributed by atoms with E-state index in [9.17, 15) is 14.4 Å². The van der Waals surface area contributed by atoms with E-state index in [1.807, 2.05) is 13.8 Å². The van der Waals surface area contributed by atoms with Crippen LogP contribution in [-0.4, -0.2) is 48.6 Å². The van der Waals surface area contributed by atoms with Gasteiger partial charge in [-0.2, -0.15) is 0 Å². The van der Waals surface area contributed by atoms with Gasteiger partial charge in [-0.1, -0.05) is 5.57 Å². The van der Waals surface area contributed by atoms with Gasteiger partial charge in [0.2, 0.25) is 5.91 Å². The van der Waals surface area contributed by atoms with Gasteiger partial charge in [0.1, 0.15) is 5.75 Å². The quantitative estimate of drug-likeness (QED) is 0.487. The standard InChI is InChI=1S/C20H26N2O5/c1-4-26-20(25)27-17-7-5-15(6-8-17)19(24)21-16-9-11-22(12-10-16)18(23)13-14(2)3/h5-8,13,16H,4,9-12H2,1-3H3,(H,21,24). The van der Waals surface area contributed by atoms with Crippen molar-refractivity contribution in [1.82, 2.24) is 10.2 Å². The van der Waals surface area contributed by atoms with Crippen molar-refractivity contribution in [1.29, 1.82) is 0 Å². The number of amides is 2. The van der Waals surface area contributed by atoms with E-state index in [-0.39, 0.29) is 24.5 Å². The Balaban J connectivity index is 1.83. The van der Waals surface area contributed by atoms with Crippen LogP contribution in [0, 0.1) is 0 Å². The number of nitrogens with one attached hydrogen (secondary N) is 1. The molecule has 0 radical (unpaired) electrons. The molecule has 0 bridgehead atoms. The summed E-state index contributed by atoms with van der Waals surface area (Å²) in [6.07, 6.45) is 2.30. The minimum atomic E-state index is -0.774. The topological polar surface area (TPSA) is 84.9 Å². The van der Waals surface area contributed by atoms with Crippen molar-refractivity contribution in [2.45, 2.75) is 39.7 Å². The van der Waals surface area contributed by atoms with Crippen molar-refractivity contribution < 1.29 is 23.9 Å². The van der Waals surface area contributed by atoms with E-state index < -0.39 is 6.16 Å². The van der Waals surface area contributed by atoms with Crippen molar-refractivity contribution in [2.24, 2.45) is 0 Å². The lowest BCUT2D eigenvalue weighted by atomic mass is 10.0. The highest BCUT2D eigenvalue weighted by atomic mass is 16.7. The molecule has 0 aliphatic carbocycles. The summed E-state index contributed by atoms with van der Waals surface area (Å²) < 4.78 is 9.66. The third-order valence-corrected chi connectivity index (χ3v) is 4.13. The first kappa shape index (κ1) is 20.5. The lowest BCUT2D eigenvalue weighted by molar-refractivity contribution is -0.127. The molecule has 1 fully saturated rings. The van der Waals surface area contributed by atoms with Crippen molar-refractivity contribution in [3.8, 4) is 5.75 Å². The van der Waals surface area contributed by atoms with Crippen LogP contribution in [0.2, 0.25) is 0 Å².